The first-order valence-corrected chi connectivity index (χ1v) is 6.61. The van der Waals surface area contributed by atoms with Crippen LogP contribution in [0, 0.1) is 0 Å². The molecule has 16 heavy (non-hydrogen) atoms. The topological polar surface area (TPSA) is 12.5 Å². The van der Waals surface area contributed by atoms with Crippen LogP contribution in [0.25, 0.3) is 0 Å². The van der Waals surface area contributed by atoms with Crippen LogP contribution in [0.4, 0.5) is 0 Å². The predicted molar refractivity (Wildman–Crippen MR) is 69.8 cm³/mol. The van der Waals surface area contributed by atoms with Gasteiger partial charge < -0.3 is 4.74 Å². The van der Waals surface area contributed by atoms with Gasteiger partial charge in [0.1, 0.15) is 0 Å². The molecule has 0 bridgehead atoms. The molecule has 1 saturated heterocycles. The Morgan fingerprint density at radius 1 is 1.06 bits per heavy atom. The fourth-order valence-corrected chi connectivity index (χ4v) is 2.40. The molecule has 96 valence electrons. The molecular weight excluding hydrogens is 198 g/mol. The Bertz CT molecular complexity index is 212. The molecule has 0 aromatic heterocycles. The van der Waals surface area contributed by atoms with E-state index in [1.54, 1.807) is 0 Å². The maximum atomic E-state index is 5.95. The molecule has 0 N–H and O–H groups in total. The Morgan fingerprint density at radius 3 is 2.19 bits per heavy atom. The summed E-state index contributed by atoms with van der Waals surface area (Å²) in [7, 11) is 0. The quantitative estimate of drug-likeness (QED) is 0.716. The van der Waals surface area contributed by atoms with Crippen molar-refractivity contribution in [3.8, 4) is 0 Å². The van der Waals surface area contributed by atoms with E-state index in [9.17, 15) is 0 Å². The predicted octanol–water partition coefficient (Wildman–Crippen LogP) is 3.45. The highest BCUT2D eigenvalue weighted by molar-refractivity contribution is 4.86. The Labute approximate surface area is 101 Å². The summed E-state index contributed by atoms with van der Waals surface area (Å²) in [4.78, 5) is 2.61. The van der Waals surface area contributed by atoms with Crippen LogP contribution in [0.1, 0.15) is 60.8 Å². The second-order valence-electron chi connectivity index (χ2n) is 6.94. The lowest BCUT2D eigenvalue weighted by molar-refractivity contribution is -0.0618. The van der Waals surface area contributed by atoms with Gasteiger partial charge in [0.25, 0.3) is 0 Å². The van der Waals surface area contributed by atoms with Crippen molar-refractivity contribution in [1.29, 1.82) is 0 Å². The van der Waals surface area contributed by atoms with Crippen molar-refractivity contribution in [2.75, 3.05) is 13.2 Å². The summed E-state index contributed by atoms with van der Waals surface area (Å²) in [6, 6.07) is 0.605. The van der Waals surface area contributed by atoms with Gasteiger partial charge in [-0.3, -0.25) is 4.90 Å². The van der Waals surface area contributed by atoms with Crippen LogP contribution in [-0.4, -0.2) is 35.2 Å². The van der Waals surface area contributed by atoms with Crippen molar-refractivity contribution in [1.82, 2.24) is 4.90 Å². The van der Waals surface area contributed by atoms with E-state index in [4.69, 9.17) is 4.74 Å². The molecule has 0 aromatic rings. The SMILES string of the molecule is CC(C)(C)OCC1CCCCN1C(C)(C)C. The Morgan fingerprint density at radius 2 is 1.69 bits per heavy atom. The van der Waals surface area contributed by atoms with Crippen molar-refractivity contribution in [2.45, 2.75) is 78.0 Å². The van der Waals surface area contributed by atoms with Gasteiger partial charge >= 0.3 is 0 Å². The second kappa shape index (κ2) is 5.05. The summed E-state index contributed by atoms with van der Waals surface area (Å²) in [5.41, 5.74) is 0.257. The molecule has 1 atom stereocenters. The van der Waals surface area contributed by atoms with Crippen LogP contribution in [-0.2, 0) is 4.74 Å². The zero-order valence-corrected chi connectivity index (χ0v) is 12.0. The lowest BCUT2D eigenvalue weighted by atomic mass is 9.95. The van der Waals surface area contributed by atoms with Gasteiger partial charge in [-0.1, -0.05) is 6.42 Å². The highest BCUT2D eigenvalue weighted by Crippen LogP contribution is 2.26. The average Bonchev–Trinajstić information content (AvgIpc) is 2.12. The monoisotopic (exact) mass is 227 g/mol. The maximum absolute atomic E-state index is 5.95. The summed E-state index contributed by atoms with van der Waals surface area (Å²) < 4.78 is 5.95. The van der Waals surface area contributed by atoms with Crippen LogP contribution in [0.2, 0.25) is 0 Å². The lowest BCUT2D eigenvalue weighted by Crippen LogP contribution is -2.53. The Balaban J connectivity index is 2.54. The molecular formula is C14H29NO. The van der Waals surface area contributed by atoms with Gasteiger partial charge in [0.05, 0.1) is 12.2 Å². The van der Waals surface area contributed by atoms with E-state index in [0.29, 0.717) is 6.04 Å². The van der Waals surface area contributed by atoms with Crippen molar-refractivity contribution >= 4 is 0 Å². The van der Waals surface area contributed by atoms with Gasteiger partial charge in [-0.25, -0.2) is 0 Å². The zero-order valence-electron chi connectivity index (χ0n) is 12.0. The highest BCUT2D eigenvalue weighted by atomic mass is 16.5. The molecule has 1 rings (SSSR count). The number of nitrogens with zero attached hydrogens (tertiary/aromatic N) is 1. The molecule has 0 spiro atoms. The van der Waals surface area contributed by atoms with Crippen molar-refractivity contribution < 1.29 is 4.74 Å². The molecule has 1 heterocycles. The average molecular weight is 227 g/mol. The smallest absolute Gasteiger partial charge is 0.0629 e. The van der Waals surface area contributed by atoms with Gasteiger partial charge in [0.15, 0.2) is 0 Å². The molecule has 2 heteroatoms. The number of piperidine rings is 1. The standard InChI is InChI=1S/C14H29NO/c1-13(2,3)15-10-8-7-9-12(15)11-16-14(4,5)6/h12H,7-11H2,1-6H3. The fraction of sp³-hybridized carbons (Fsp3) is 1.00. The molecule has 0 radical (unpaired) electrons. The van der Waals surface area contributed by atoms with Gasteiger partial charge in [-0.05, 0) is 60.9 Å². The molecule has 1 aliphatic heterocycles. The van der Waals surface area contributed by atoms with Gasteiger partial charge in [-0.15, -0.1) is 0 Å². The molecule has 0 aromatic carbocycles. The second-order valence-corrected chi connectivity index (χ2v) is 6.94. The molecule has 0 amide bonds. The van der Waals surface area contributed by atoms with Crippen molar-refractivity contribution in [3.05, 3.63) is 0 Å². The van der Waals surface area contributed by atoms with E-state index in [-0.39, 0.29) is 11.1 Å². The Hall–Kier alpha value is -0.0800. The van der Waals surface area contributed by atoms with Gasteiger partial charge in [0.2, 0.25) is 0 Å². The normalized spacial score (nSPS) is 24.8. The van der Waals surface area contributed by atoms with E-state index in [2.05, 4.69) is 46.4 Å². The minimum absolute atomic E-state index is 0.0129. The maximum Gasteiger partial charge on any atom is 0.0629 e. The Kier molecular flexibility index (Phi) is 4.42. The largest absolute Gasteiger partial charge is 0.374 e. The lowest BCUT2D eigenvalue weighted by Gasteiger charge is -2.45. The first-order chi connectivity index (χ1) is 7.20. The van der Waals surface area contributed by atoms with Gasteiger partial charge in [-0.2, -0.15) is 0 Å². The molecule has 0 aliphatic carbocycles. The van der Waals surface area contributed by atoms with Crippen LogP contribution >= 0.6 is 0 Å². The minimum Gasteiger partial charge on any atom is -0.374 e. The van der Waals surface area contributed by atoms with E-state index in [1.165, 1.54) is 25.8 Å². The van der Waals surface area contributed by atoms with Crippen LogP contribution in [0.3, 0.4) is 0 Å². The summed E-state index contributed by atoms with van der Waals surface area (Å²) in [5, 5.41) is 0. The number of rotatable bonds is 2. The van der Waals surface area contributed by atoms with Gasteiger partial charge in [0, 0.05) is 11.6 Å². The third-order valence-electron chi connectivity index (χ3n) is 3.20. The molecule has 1 aliphatic rings. The molecule has 1 unspecified atom stereocenters. The summed E-state index contributed by atoms with van der Waals surface area (Å²) in [5.74, 6) is 0. The summed E-state index contributed by atoms with van der Waals surface area (Å²) in [6.07, 6.45) is 3.97. The number of hydrogen-bond acceptors (Lipinski definition) is 2. The fourth-order valence-electron chi connectivity index (χ4n) is 2.40. The molecule has 1 fully saturated rings. The van der Waals surface area contributed by atoms with E-state index >= 15 is 0 Å². The third kappa shape index (κ3) is 4.42. The zero-order chi connectivity index (χ0) is 12.4. The first-order valence-electron chi connectivity index (χ1n) is 6.61. The van der Waals surface area contributed by atoms with Crippen LogP contribution < -0.4 is 0 Å². The number of hydrogen-bond donors (Lipinski definition) is 0. The minimum atomic E-state index is -0.0129. The van der Waals surface area contributed by atoms with E-state index in [0.717, 1.165) is 6.61 Å². The van der Waals surface area contributed by atoms with E-state index in [1.807, 2.05) is 0 Å². The number of likely N-dealkylation sites (tertiary alicyclic amines) is 1. The summed E-state index contributed by atoms with van der Waals surface area (Å²) >= 11 is 0. The highest BCUT2D eigenvalue weighted by Gasteiger charge is 2.31. The van der Waals surface area contributed by atoms with Crippen molar-refractivity contribution in [2.24, 2.45) is 0 Å². The molecule has 0 saturated carbocycles. The first kappa shape index (κ1) is 14.0. The molecule has 2 nitrogen and oxygen atoms in total. The summed E-state index contributed by atoms with van der Waals surface area (Å²) in [6.45, 7) is 15.4. The third-order valence-corrected chi connectivity index (χ3v) is 3.20. The van der Waals surface area contributed by atoms with Crippen LogP contribution in [0.15, 0.2) is 0 Å². The van der Waals surface area contributed by atoms with Crippen LogP contribution in [0.5, 0.6) is 0 Å². The van der Waals surface area contributed by atoms with E-state index < -0.39 is 0 Å². The van der Waals surface area contributed by atoms with Crippen molar-refractivity contribution in [3.63, 3.8) is 0 Å². The number of ether oxygens (including phenoxy) is 1.